The third kappa shape index (κ3) is 1.59. The van der Waals surface area contributed by atoms with Crippen molar-refractivity contribution in [3.05, 3.63) is 54.6 Å². The Morgan fingerprint density at radius 2 is 1.41 bits per heavy atom. The van der Waals surface area contributed by atoms with E-state index < -0.39 is 10.7 Å². The molecule has 3 rings (SSSR count). The average Bonchev–Trinajstić information content (AvgIpc) is 2.37. The SMILES string of the molecule is O=[SH](=O)c1cccc2c1ccc1ccccc12. The number of rotatable bonds is 1. The number of fused-ring (bicyclic) bond motifs is 3. The number of hydrogen-bond acceptors (Lipinski definition) is 2. The molecular weight excluding hydrogens is 232 g/mol. The minimum Gasteiger partial charge on any atom is -0.227 e. The van der Waals surface area contributed by atoms with Crippen LogP contribution in [0.3, 0.4) is 0 Å². The molecule has 0 spiro atoms. The molecule has 84 valence electrons. The summed E-state index contributed by atoms with van der Waals surface area (Å²) >= 11 is 0. The van der Waals surface area contributed by atoms with Crippen LogP contribution in [-0.2, 0) is 10.7 Å². The van der Waals surface area contributed by atoms with E-state index in [0.717, 1.165) is 21.5 Å². The van der Waals surface area contributed by atoms with Gasteiger partial charge in [0.15, 0.2) is 10.7 Å². The molecule has 17 heavy (non-hydrogen) atoms. The van der Waals surface area contributed by atoms with Gasteiger partial charge >= 0.3 is 0 Å². The van der Waals surface area contributed by atoms with Crippen LogP contribution in [0.2, 0.25) is 0 Å². The minimum atomic E-state index is -2.55. The van der Waals surface area contributed by atoms with Crippen LogP contribution in [-0.4, -0.2) is 8.42 Å². The van der Waals surface area contributed by atoms with Gasteiger partial charge in [-0.2, -0.15) is 0 Å². The van der Waals surface area contributed by atoms with Gasteiger partial charge in [-0.1, -0.05) is 48.5 Å². The molecule has 2 nitrogen and oxygen atoms in total. The summed E-state index contributed by atoms with van der Waals surface area (Å²) in [6.45, 7) is 0. The van der Waals surface area contributed by atoms with Crippen LogP contribution in [0.4, 0.5) is 0 Å². The van der Waals surface area contributed by atoms with Crippen LogP contribution in [0.5, 0.6) is 0 Å². The molecule has 3 heteroatoms. The van der Waals surface area contributed by atoms with Crippen LogP contribution in [0.1, 0.15) is 0 Å². The quantitative estimate of drug-likeness (QED) is 0.526. The summed E-state index contributed by atoms with van der Waals surface area (Å²) in [5.41, 5.74) is 0. The second kappa shape index (κ2) is 3.86. The number of thiol groups is 1. The van der Waals surface area contributed by atoms with Gasteiger partial charge < -0.3 is 0 Å². The fourth-order valence-electron chi connectivity index (χ4n) is 2.18. The summed E-state index contributed by atoms with van der Waals surface area (Å²) < 4.78 is 22.4. The van der Waals surface area contributed by atoms with Crippen LogP contribution in [0.15, 0.2) is 59.5 Å². The second-order valence-electron chi connectivity index (χ2n) is 3.92. The summed E-state index contributed by atoms with van der Waals surface area (Å²) in [4.78, 5) is 0.392. The normalized spacial score (nSPS) is 11.4. The van der Waals surface area contributed by atoms with Crippen LogP contribution in [0.25, 0.3) is 21.5 Å². The van der Waals surface area contributed by atoms with Crippen molar-refractivity contribution < 1.29 is 8.42 Å². The molecule has 0 bridgehead atoms. The highest BCUT2D eigenvalue weighted by molar-refractivity contribution is 7.72. The molecule has 0 aliphatic heterocycles. The molecule has 0 N–H and O–H groups in total. The van der Waals surface area contributed by atoms with Crippen LogP contribution in [0, 0.1) is 0 Å². The Balaban J connectivity index is 2.57. The van der Waals surface area contributed by atoms with Gasteiger partial charge in [0.05, 0.1) is 4.90 Å². The van der Waals surface area contributed by atoms with E-state index in [1.54, 1.807) is 12.1 Å². The first-order valence-corrected chi connectivity index (χ1v) is 6.50. The smallest absolute Gasteiger partial charge is 0.168 e. The van der Waals surface area contributed by atoms with E-state index in [1.165, 1.54) is 0 Å². The fraction of sp³-hybridized carbons (Fsp3) is 0. The summed E-state index contributed by atoms with van der Waals surface area (Å²) in [6, 6.07) is 17.2. The summed E-state index contributed by atoms with van der Waals surface area (Å²) in [7, 11) is -2.55. The first-order valence-electron chi connectivity index (χ1n) is 5.32. The lowest BCUT2D eigenvalue weighted by atomic mass is 10.0. The van der Waals surface area contributed by atoms with Crippen molar-refractivity contribution in [2.24, 2.45) is 0 Å². The average molecular weight is 242 g/mol. The molecule has 0 radical (unpaired) electrons. The molecule has 0 saturated heterocycles. The minimum absolute atomic E-state index is 0.392. The maximum Gasteiger partial charge on any atom is 0.168 e. The van der Waals surface area contributed by atoms with Crippen molar-refractivity contribution in [3.8, 4) is 0 Å². The lowest BCUT2D eigenvalue weighted by Crippen LogP contribution is -1.84. The summed E-state index contributed by atoms with van der Waals surface area (Å²) in [5.74, 6) is 0. The molecular formula is C14H10O2S. The van der Waals surface area contributed by atoms with E-state index in [2.05, 4.69) is 0 Å². The van der Waals surface area contributed by atoms with Crippen molar-refractivity contribution in [1.29, 1.82) is 0 Å². The Morgan fingerprint density at radius 3 is 2.24 bits per heavy atom. The number of hydrogen-bond donors (Lipinski definition) is 1. The van der Waals surface area contributed by atoms with Crippen molar-refractivity contribution in [3.63, 3.8) is 0 Å². The first-order chi connectivity index (χ1) is 8.27. The standard InChI is InChI=1S/C14H10O2S/c15-17(16)14-7-3-6-12-11-5-2-1-4-10(11)8-9-13(12)14/h1-9,17H. The maximum absolute atomic E-state index is 11.2. The van der Waals surface area contributed by atoms with Crippen molar-refractivity contribution >= 4 is 32.2 Å². The zero-order valence-corrected chi connectivity index (χ0v) is 9.85. The second-order valence-corrected chi connectivity index (χ2v) is 4.91. The predicted molar refractivity (Wildman–Crippen MR) is 70.0 cm³/mol. The van der Waals surface area contributed by atoms with Gasteiger partial charge in [0.25, 0.3) is 0 Å². The number of benzene rings is 3. The Hall–Kier alpha value is -1.87. The highest BCUT2D eigenvalue weighted by atomic mass is 32.2. The molecule has 0 heterocycles. The Bertz CT molecular complexity index is 780. The van der Waals surface area contributed by atoms with E-state index in [1.807, 2.05) is 42.5 Å². The zero-order chi connectivity index (χ0) is 11.8. The van der Waals surface area contributed by atoms with E-state index in [4.69, 9.17) is 0 Å². The first kappa shape index (κ1) is 10.3. The van der Waals surface area contributed by atoms with Crippen molar-refractivity contribution in [1.82, 2.24) is 0 Å². The largest absolute Gasteiger partial charge is 0.227 e. The van der Waals surface area contributed by atoms with Gasteiger partial charge in [0, 0.05) is 5.39 Å². The summed E-state index contributed by atoms with van der Waals surface area (Å²) in [6.07, 6.45) is 0. The Morgan fingerprint density at radius 1 is 0.647 bits per heavy atom. The summed E-state index contributed by atoms with van der Waals surface area (Å²) in [5, 5.41) is 3.99. The maximum atomic E-state index is 11.2. The lowest BCUT2D eigenvalue weighted by molar-refractivity contribution is 0.615. The van der Waals surface area contributed by atoms with Crippen molar-refractivity contribution in [2.75, 3.05) is 0 Å². The van der Waals surface area contributed by atoms with Gasteiger partial charge in [-0.3, -0.25) is 0 Å². The third-order valence-corrected chi connectivity index (χ3v) is 3.74. The fourth-order valence-corrected chi connectivity index (χ4v) is 2.78. The molecule has 3 aromatic carbocycles. The molecule has 0 atom stereocenters. The molecule has 0 aliphatic rings. The molecule has 3 aromatic rings. The van der Waals surface area contributed by atoms with Crippen LogP contribution >= 0.6 is 0 Å². The third-order valence-electron chi connectivity index (χ3n) is 2.96. The van der Waals surface area contributed by atoms with Crippen molar-refractivity contribution in [2.45, 2.75) is 4.90 Å². The van der Waals surface area contributed by atoms with Gasteiger partial charge in [0.2, 0.25) is 0 Å². The molecule has 0 saturated carbocycles. The molecule has 0 fully saturated rings. The highest BCUT2D eigenvalue weighted by Crippen LogP contribution is 2.27. The van der Waals surface area contributed by atoms with Gasteiger partial charge in [-0.15, -0.1) is 0 Å². The highest BCUT2D eigenvalue weighted by Gasteiger charge is 2.05. The van der Waals surface area contributed by atoms with Crippen LogP contribution < -0.4 is 0 Å². The van der Waals surface area contributed by atoms with Gasteiger partial charge in [-0.05, 0) is 22.2 Å². The predicted octanol–water partition coefficient (Wildman–Crippen LogP) is 2.96. The monoisotopic (exact) mass is 242 g/mol. The van der Waals surface area contributed by atoms with E-state index in [9.17, 15) is 8.42 Å². The zero-order valence-electron chi connectivity index (χ0n) is 8.96. The molecule has 0 aliphatic carbocycles. The Kier molecular flexibility index (Phi) is 2.34. The lowest BCUT2D eigenvalue weighted by Gasteiger charge is -2.05. The molecule has 0 aromatic heterocycles. The van der Waals surface area contributed by atoms with E-state index in [0.29, 0.717) is 4.90 Å². The van der Waals surface area contributed by atoms with E-state index in [-0.39, 0.29) is 0 Å². The Labute approximate surface area is 100 Å². The van der Waals surface area contributed by atoms with Gasteiger partial charge in [-0.25, -0.2) is 8.42 Å². The molecule has 0 unspecified atom stereocenters. The molecule has 0 amide bonds. The van der Waals surface area contributed by atoms with E-state index >= 15 is 0 Å². The van der Waals surface area contributed by atoms with Gasteiger partial charge in [0.1, 0.15) is 0 Å². The topological polar surface area (TPSA) is 34.1 Å².